The van der Waals surface area contributed by atoms with Crippen molar-refractivity contribution in [1.29, 1.82) is 0 Å². The minimum Gasteiger partial charge on any atom is -0.496 e. The molecule has 4 nitrogen and oxygen atoms in total. The monoisotopic (exact) mass is 413 g/mol. The molecule has 28 heavy (non-hydrogen) atoms. The number of piperazine rings is 1. The number of hydrogen-bond donors (Lipinski definition) is 1. The Labute approximate surface area is 174 Å². The predicted molar refractivity (Wildman–Crippen MR) is 118 cm³/mol. The molecule has 4 rings (SSSR count). The zero-order valence-corrected chi connectivity index (χ0v) is 17.1. The van der Waals surface area contributed by atoms with Gasteiger partial charge in [0.1, 0.15) is 11.6 Å². The van der Waals surface area contributed by atoms with E-state index in [9.17, 15) is 0 Å². The van der Waals surface area contributed by atoms with E-state index in [1.807, 2.05) is 18.2 Å². The molecule has 1 heterocycles. The van der Waals surface area contributed by atoms with Crippen molar-refractivity contribution in [2.45, 2.75) is 0 Å². The van der Waals surface area contributed by atoms with E-state index in [1.54, 1.807) is 19.2 Å². The number of ether oxygens (including phenoxy) is 1. The highest BCUT2D eigenvalue weighted by Crippen LogP contribution is 2.31. The zero-order chi connectivity index (χ0) is 19.5. The van der Waals surface area contributed by atoms with Crippen LogP contribution in [0.25, 0.3) is 10.8 Å². The first kappa shape index (κ1) is 19.1. The summed E-state index contributed by atoms with van der Waals surface area (Å²) < 4.78 is 5.74. The molecule has 1 saturated heterocycles. The lowest BCUT2D eigenvalue weighted by Gasteiger charge is -2.31. The molecular weight excluding hydrogens is 393 g/mol. The van der Waals surface area contributed by atoms with Crippen molar-refractivity contribution in [3.8, 4) is 5.75 Å². The van der Waals surface area contributed by atoms with Crippen molar-refractivity contribution in [2.24, 2.45) is 4.99 Å². The smallest absolute Gasteiger partial charge is 0.140 e. The lowest BCUT2D eigenvalue weighted by molar-refractivity contribution is 0.355. The van der Waals surface area contributed by atoms with Crippen LogP contribution in [-0.4, -0.2) is 44.0 Å². The summed E-state index contributed by atoms with van der Waals surface area (Å²) in [7, 11) is 1.70. The molecule has 1 aliphatic rings. The number of nitrogens with one attached hydrogen (secondary N) is 1. The first-order valence-electron chi connectivity index (χ1n) is 9.22. The van der Waals surface area contributed by atoms with Gasteiger partial charge in [0, 0.05) is 26.2 Å². The lowest BCUT2D eigenvalue weighted by atomic mass is 10.0. The highest BCUT2D eigenvalue weighted by molar-refractivity contribution is 6.42. The summed E-state index contributed by atoms with van der Waals surface area (Å²) in [5.41, 5.74) is 1.73. The maximum Gasteiger partial charge on any atom is 0.140 e. The number of aliphatic imine (C=N–C) groups is 1. The van der Waals surface area contributed by atoms with Gasteiger partial charge in [-0.1, -0.05) is 47.5 Å². The van der Waals surface area contributed by atoms with Crippen LogP contribution in [0.5, 0.6) is 5.75 Å². The van der Waals surface area contributed by atoms with E-state index in [0.29, 0.717) is 10.0 Å². The van der Waals surface area contributed by atoms with Gasteiger partial charge in [-0.25, -0.2) is 4.99 Å². The topological polar surface area (TPSA) is 36.9 Å². The average Bonchev–Trinajstić information content (AvgIpc) is 2.74. The summed E-state index contributed by atoms with van der Waals surface area (Å²) in [6.07, 6.45) is 0. The summed E-state index contributed by atoms with van der Waals surface area (Å²) >= 11 is 12.3. The fourth-order valence-corrected chi connectivity index (χ4v) is 3.71. The molecule has 1 N–H and O–H groups in total. The quantitative estimate of drug-likeness (QED) is 0.477. The Balaban J connectivity index is 1.88. The second-order valence-corrected chi connectivity index (χ2v) is 7.48. The van der Waals surface area contributed by atoms with Gasteiger partial charge >= 0.3 is 0 Å². The SMILES string of the molecule is COc1cc2ccccc2cc1C(=Nc1ccc(Cl)c(Cl)c1)N1CCNCC1. The van der Waals surface area contributed by atoms with E-state index in [2.05, 4.69) is 34.5 Å². The summed E-state index contributed by atoms with van der Waals surface area (Å²) in [5, 5.41) is 6.69. The standard InChI is InChI=1S/C22H21Cl2N3O/c1-28-21-13-16-5-3-2-4-15(16)12-18(21)22(27-10-8-25-9-11-27)26-17-6-7-19(23)20(24)14-17/h2-7,12-14,25H,8-11H2,1H3. The Morgan fingerprint density at radius 2 is 1.68 bits per heavy atom. The second kappa shape index (κ2) is 8.39. The number of benzene rings is 3. The summed E-state index contributed by atoms with van der Waals surface area (Å²) in [4.78, 5) is 7.24. The van der Waals surface area contributed by atoms with Crippen LogP contribution in [0.2, 0.25) is 10.0 Å². The third-order valence-corrected chi connectivity index (χ3v) is 5.60. The maximum absolute atomic E-state index is 6.22. The first-order chi connectivity index (χ1) is 13.7. The number of halogens is 2. The van der Waals surface area contributed by atoms with Gasteiger partial charge in [-0.15, -0.1) is 0 Å². The van der Waals surface area contributed by atoms with Crippen LogP contribution in [0, 0.1) is 0 Å². The Hall–Kier alpha value is -2.27. The Morgan fingerprint density at radius 3 is 2.36 bits per heavy atom. The molecule has 0 aromatic heterocycles. The van der Waals surface area contributed by atoms with Crippen molar-refractivity contribution < 1.29 is 4.74 Å². The number of methoxy groups -OCH3 is 1. The van der Waals surface area contributed by atoms with Gasteiger partial charge in [0.25, 0.3) is 0 Å². The van der Waals surface area contributed by atoms with E-state index >= 15 is 0 Å². The van der Waals surface area contributed by atoms with Gasteiger partial charge in [-0.2, -0.15) is 0 Å². The maximum atomic E-state index is 6.22. The van der Waals surface area contributed by atoms with Crippen molar-refractivity contribution in [3.05, 3.63) is 70.2 Å². The number of amidine groups is 1. The molecule has 0 amide bonds. The van der Waals surface area contributed by atoms with Crippen LogP contribution in [-0.2, 0) is 0 Å². The fraction of sp³-hybridized carbons (Fsp3) is 0.227. The van der Waals surface area contributed by atoms with Gasteiger partial charge < -0.3 is 15.0 Å². The van der Waals surface area contributed by atoms with Crippen molar-refractivity contribution in [1.82, 2.24) is 10.2 Å². The second-order valence-electron chi connectivity index (χ2n) is 6.67. The molecule has 0 unspecified atom stereocenters. The zero-order valence-electron chi connectivity index (χ0n) is 15.6. The molecule has 0 atom stereocenters. The van der Waals surface area contributed by atoms with E-state index in [-0.39, 0.29) is 0 Å². The largest absolute Gasteiger partial charge is 0.496 e. The molecule has 1 aliphatic heterocycles. The average molecular weight is 414 g/mol. The Morgan fingerprint density at radius 1 is 0.964 bits per heavy atom. The molecule has 144 valence electrons. The highest BCUT2D eigenvalue weighted by Gasteiger charge is 2.20. The normalized spacial score (nSPS) is 15.1. The van der Waals surface area contributed by atoms with Crippen LogP contribution in [0.1, 0.15) is 5.56 Å². The van der Waals surface area contributed by atoms with Crippen LogP contribution < -0.4 is 10.1 Å². The molecule has 0 radical (unpaired) electrons. The molecule has 3 aromatic carbocycles. The van der Waals surface area contributed by atoms with Gasteiger partial charge in [0.05, 0.1) is 28.4 Å². The molecule has 6 heteroatoms. The summed E-state index contributed by atoms with van der Waals surface area (Å²) in [5.74, 6) is 1.68. The minimum atomic E-state index is 0.494. The van der Waals surface area contributed by atoms with E-state index in [4.69, 9.17) is 32.9 Å². The first-order valence-corrected chi connectivity index (χ1v) is 9.98. The van der Waals surface area contributed by atoms with Crippen LogP contribution in [0.15, 0.2) is 59.6 Å². The van der Waals surface area contributed by atoms with Crippen molar-refractivity contribution in [2.75, 3.05) is 33.3 Å². The van der Waals surface area contributed by atoms with Gasteiger partial charge in [-0.05, 0) is 41.1 Å². The highest BCUT2D eigenvalue weighted by atomic mass is 35.5. The van der Waals surface area contributed by atoms with Crippen molar-refractivity contribution >= 4 is 45.5 Å². The van der Waals surface area contributed by atoms with E-state index < -0.39 is 0 Å². The van der Waals surface area contributed by atoms with Gasteiger partial charge in [0.15, 0.2) is 0 Å². The number of rotatable bonds is 3. The Kier molecular flexibility index (Phi) is 5.72. The van der Waals surface area contributed by atoms with E-state index in [0.717, 1.165) is 59.8 Å². The number of nitrogens with zero attached hydrogens (tertiary/aromatic N) is 2. The Bertz CT molecular complexity index is 1030. The molecule has 0 aliphatic carbocycles. The summed E-state index contributed by atoms with van der Waals surface area (Å²) in [6.45, 7) is 3.57. The van der Waals surface area contributed by atoms with Crippen molar-refractivity contribution in [3.63, 3.8) is 0 Å². The minimum absolute atomic E-state index is 0.494. The molecule has 0 bridgehead atoms. The van der Waals surface area contributed by atoms with Gasteiger partial charge in [-0.3, -0.25) is 0 Å². The molecule has 3 aromatic rings. The summed E-state index contributed by atoms with van der Waals surface area (Å²) in [6, 6.07) is 17.9. The third-order valence-electron chi connectivity index (χ3n) is 4.86. The molecular formula is C22H21Cl2N3O. The number of fused-ring (bicyclic) bond motifs is 1. The third kappa shape index (κ3) is 3.95. The van der Waals surface area contributed by atoms with Gasteiger partial charge in [0.2, 0.25) is 0 Å². The fourth-order valence-electron chi connectivity index (χ4n) is 3.42. The molecule has 1 fully saturated rings. The molecule has 0 saturated carbocycles. The van der Waals surface area contributed by atoms with E-state index in [1.165, 1.54) is 0 Å². The van der Waals surface area contributed by atoms with Crippen LogP contribution >= 0.6 is 23.2 Å². The lowest BCUT2D eigenvalue weighted by Crippen LogP contribution is -2.46. The number of hydrogen-bond acceptors (Lipinski definition) is 3. The van der Waals surface area contributed by atoms with Crippen LogP contribution in [0.3, 0.4) is 0 Å². The van der Waals surface area contributed by atoms with Crippen LogP contribution in [0.4, 0.5) is 5.69 Å². The molecule has 0 spiro atoms. The predicted octanol–water partition coefficient (Wildman–Crippen LogP) is 5.14.